The lowest BCUT2D eigenvalue weighted by atomic mass is 9.91. The summed E-state index contributed by atoms with van der Waals surface area (Å²) in [6.07, 6.45) is 3.98. The number of aryl methyl sites for hydroxylation is 1. The third-order valence-corrected chi connectivity index (χ3v) is 4.44. The fourth-order valence-corrected chi connectivity index (χ4v) is 3.29. The predicted molar refractivity (Wildman–Crippen MR) is 82.2 cm³/mol. The summed E-state index contributed by atoms with van der Waals surface area (Å²) in [5, 5.41) is 0. The van der Waals surface area contributed by atoms with Gasteiger partial charge in [-0.25, -0.2) is 0 Å². The summed E-state index contributed by atoms with van der Waals surface area (Å²) in [5.41, 5.74) is 8.97. The SMILES string of the molecule is CCC1CCCN(C(c2ccc(C)cc2)C(C)N)C1. The summed E-state index contributed by atoms with van der Waals surface area (Å²) in [5.74, 6) is 0.848. The molecule has 1 saturated heterocycles. The van der Waals surface area contributed by atoms with E-state index >= 15 is 0 Å². The number of nitrogens with two attached hydrogens (primary N) is 1. The first-order valence-electron chi connectivity index (χ1n) is 7.68. The van der Waals surface area contributed by atoms with E-state index in [-0.39, 0.29) is 6.04 Å². The van der Waals surface area contributed by atoms with Gasteiger partial charge in [0, 0.05) is 18.6 Å². The summed E-state index contributed by atoms with van der Waals surface area (Å²) in [6, 6.07) is 9.45. The van der Waals surface area contributed by atoms with Crippen molar-refractivity contribution < 1.29 is 0 Å². The topological polar surface area (TPSA) is 29.3 Å². The van der Waals surface area contributed by atoms with Crippen LogP contribution in [-0.4, -0.2) is 24.0 Å². The Morgan fingerprint density at radius 3 is 2.58 bits per heavy atom. The number of hydrogen-bond acceptors (Lipinski definition) is 2. The zero-order valence-corrected chi connectivity index (χ0v) is 12.6. The number of nitrogens with zero attached hydrogens (tertiary/aromatic N) is 1. The van der Waals surface area contributed by atoms with Crippen LogP contribution >= 0.6 is 0 Å². The number of likely N-dealkylation sites (tertiary alicyclic amines) is 1. The number of hydrogen-bond donors (Lipinski definition) is 1. The second kappa shape index (κ2) is 6.53. The van der Waals surface area contributed by atoms with Crippen molar-refractivity contribution in [3.8, 4) is 0 Å². The molecule has 1 aromatic carbocycles. The molecule has 1 aromatic rings. The van der Waals surface area contributed by atoms with Crippen molar-refractivity contribution in [2.45, 2.75) is 52.1 Å². The lowest BCUT2D eigenvalue weighted by molar-refractivity contribution is 0.108. The van der Waals surface area contributed by atoms with Gasteiger partial charge in [-0.1, -0.05) is 43.2 Å². The molecule has 106 valence electrons. The first kappa shape index (κ1) is 14.5. The fraction of sp³-hybridized carbons (Fsp3) is 0.647. The van der Waals surface area contributed by atoms with Crippen molar-refractivity contribution in [1.82, 2.24) is 4.90 Å². The van der Waals surface area contributed by atoms with E-state index in [4.69, 9.17) is 5.73 Å². The van der Waals surface area contributed by atoms with Crippen LogP contribution in [0.5, 0.6) is 0 Å². The highest BCUT2D eigenvalue weighted by Gasteiger charge is 2.28. The van der Waals surface area contributed by atoms with Gasteiger partial charge in [-0.3, -0.25) is 4.90 Å². The van der Waals surface area contributed by atoms with Crippen LogP contribution in [0, 0.1) is 12.8 Å². The Kier molecular flexibility index (Phi) is 5.00. The van der Waals surface area contributed by atoms with Crippen LogP contribution in [0.25, 0.3) is 0 Å². The number of rotatable bonds is 4. The van der Waals surface area contributed by atoms with E-state index in [1.54, 1.807) is 0 Å². The maximum atomic E-state index is 6.28. The summed E-state index contributed by atoms with van der Waals surface area (Å²) < 4.78 is 0. The largest absolute Gasteiger partial charge is 0.326 e. The Labute approximate surface area is 118 Å². The zero-order chi connectivity index (χ0) is 13.8. The molecule has 1 aliphatic heterocycles. The van der Waals surface area contributed by atoms with E-state index < -0.39 is 0 Å². The lowest BCUT2D eigenvalue weighted by Crippen LogP contribution is -2.44. The van der Waals surface area contributed by atoms with Crippen molar-refractivity contribution in [3.63, 3.8) is 0 Å². The van der Waals surface area contributed by atoms with Crippen LogP contribution in [-0.2, 0) is 0 Å². The minimum atomic E-state index is 0.179. The average Bonchev–Trinajstić information content (AvgIpc) is 2.41. The standard InChI is InChI=1S/C17H28N2/c1-4-15-6-5-11-19(12-15)17(14(3)18)16-9-7-13(2)8-10-16/h7-10,14-15,17H,4-6,11-12,18H2,1-3H3. The Morgan fingerprint density at radius 2 is 2.00 bits per heavy atom. The number of benzene rings is 1. The normalized spacial score (nSPS) is 24.1. The van der Waals surface area contributed by atoms with Gasteiger partial charge in [-0.15, -0.1) is 0 Å². The van der Waals surface area contributed by atoms with Gasteiger partial charge in [0.05, 0.1) is 0 Å². The summed E-state index contributed by atoms with van der Waals surface area (Å²) in [6.45, 7) is 8.98. The molecule has 0 aliphatic carbocycles. The van der Waals surface area contributed by atoms with Crippen LogP contribution in [0.2, 0.25) is 0 Å². The van der Waals surface area contributed by atoms with Crippen LogP contribution in [0.15, 0.2) is 24.3 Å². The molecule has 2 nitrogen and oxygen atoms in total. The third-order valence-electron chi connectivity index (χ3n) is 4.44. The molecule has 0 bridgehead atoms. The van der Waals surface area contributed by atoms with Gasteiger partial charge in [0.25, 0.3) is 0 Å². The van der Waals surface area contributed by atoms with E-state index in [0.717, 1.165) is 5.92 Å². The van der Waals surface area contributed by atoms with Crippen LogP contribution < -0.4 is 5.73 Å². The lowest BCUT2D eigenvalue weighted by Gasteiger charge is -2.40. The minimum absolute atomic E-state index is 0.179. The molecule has 0 amide bonds. The molecule has 0 saturated carbocycles. The van der Waals surface area contributed by atoms with E-state index in [1.807, 2.05) is 0 Å². The highest BCUT2D eigenvalue weighted by atomic mass is 15.2. The molecule has 1 heterocycles. The molecule has 2 heteroatoms. The fourth-order valence-electron chi connectivity index (χ4n) is 3.29. The minimum Gasteiger partial charge on any atom is -0.326 e. The molecule has 2 rings (SSSR count). The van der Waals surface area contributed by atoms with Gasteiger partial charge in [-0.2, -0.15) is 0 Å². The predicted octanol–water partition coefficient (Wildman–Crippen LogP) is 3.51. The Bertz CT molecular complexity index is 383. The van der Waals surface area contributed by atoms with Gasteiger partial charge in [0.1, 0.15) is 0 Å². The molecule has 1 aliphatic rings. The van der Waals surface area contributed by atoms with Crippen molar-refractivity contribution in [2.24, 2.45) is 11.7 Å². The zero-order valence-electron chi connectivity index (χ0n) is 12.6. The molecule has 3 atom stereocenters. The maximum Gasteiger partial charge on any atom is 0.0496 e. The second-order valence-corrected chi connectivity index (χ2v) is 6.13. The third kappa shape index (κ3) is 3.58. The van der Waals surface area contributed by atoms with Crippen LogP contribution in [0.4, 0.5) is 0 Å². The molecule has 0 aromatic heterocycles. The molecule has 0 spiro atoms. The van der Waals surface area contributed by atoms with Gasteiger partial charge in [-0.05, 0) is 44.7 Å². The van der Waals surface area contributed by atoms with E-state index in [1.165, 1.54) is 43.5 Å². The number of piperidine rings is 1. The van der Waals surface area contributed by atoms with E-state index in [2.05, 4.69) is 49.9 Å². The molecule has 2 N–H and O–H groups in total. The monoisotopic (exact) mass is 260 g/mol. The molecule has 19 heavy (non-hydrogen) atoms. The van der Waals surface area contributed by atoms with Crippen LogP contribution in [0.1, 0.15) is 50.3 Å². The quantitative estimate of drug-likeness (QED) is 0.897. The first-order valence-corrected chi connectivity index (χ1v) is 7.68. The maximum absolute atomic E-state index is 6.28. The van der Waals surface area contributed by atoms with Crippen molar-refractivity contribution in [3.05, 3.63) is 35.4 Å². The van der Waals surface area contributed by atoms with Crippen molar-refractivity contribution in [2.75, 3.05) is 13.1 Å². The van der Waals surface area contributed by atoms with Gasteiger partial charge in [0.15, 0.2) is 0 Å². The first-order chi connectivity index (χ1) is 9.11. The highest BCUT2D eigenvalue weighted by molar-refractivity contribution is 5.25. The summed E-state index contributed by atoms with van der Waals surface area (Å²) >= 11 is 0. The Hall–Kier alpha value is -0.860. The molecular weight excluding hydrogens is 232 g/mol. The smallest absolute Gasteiger partial charge is 0.0496 e. The molecular formula is C17H28N2. The summed E-state index contributed by atoms with van der Waals surface area (Å²) in [7, 11) is 0. The Balaban J connectivity index is 2.17. The van der Waals surface area contributed by atoms with Gasteiger partial charge >= 0.3 is 0 Å². The van der Waals surface area contributed by atoms with Crippen LogP contribution in [0.3, 0.4) is 0 Å². The Morgan fingerprint density at radius 1 is 1.32 bits per heavy atom. The molecule has 0 radical (unpaired) electrons. The van der Waals surface area contributed by atoms with Gasteiger partial charge in [0.2, 0.25) is 0 Å². The van der Waals surface area contributed by atoms with E-state index in [0.29, 0.717) is 6.04 Å². The van der Waals surface area contributed by atoms with E-state index in [9.17, 15) is 0 Å². The average molecular weight is 260 g/mol. The molecule has 3 unspecified atom stereocenters. The van der Waals surface area contributed by atoms with Gasteiger partial charge < -0.3 is 5.73 Å². The van der Waals surface area contributed by atoms with Crippen molar-refractivity contribution in [1.29, 1.82) is 0 Å². The van der Waals surface area contributed by atoms with Crippen molar-refractivity contribution >= 4 is 0 Å². The second-order valence-electron chi connectivity index (χ2n) is 6.13. The highest BCUT2D eigenvalue weighted by Crippen LogP contribution is 2.30. The summed E-state index contributed by atoms with van der Waals surface area (Å²) in [4.78, 5) is 2.60. The molecule has 1 fully saturated rings.